The summed E-state index contributed by atoms with van der Waals surface area (Å²) in [6.45, 7) is 0. The van der Waals surface area contributed by atoms with E-state index in [1.54, 1.807) is 0 Å². The van der Waals surface area contributed by atoms with Gasteiger partial charge in [-0.05, 0) is 48.5 Å². The molecule has 3 rings (SSSR count). The Balaban J connectivity index is 1.81. The van der Waals surface area contributed by atoms with Gasteiger partial charge in [-0.2, -0.15) is 0 Å². The molecule has 1 aliphatic rings. The average molecular weight is 444 g/mol. The van der Waals surface area contributed by atoms with Crippen LogP contribution in [0.15, 0.2) is 48.5 Å². The Morgan fingerprint density at radius 1 is 0.625 bits per heavy atom. The van der Waals surface area contributed by atoms with E-state index in [9.17, 15) is 29.4 Å². The van der Waals surface area contributed by atoms with Gasteiger partial charge >= 0.3 is 23.9 Å². The molecule has 0 aromatic heterocycles. The molecule has 10 nitrogen and oxygen atoms in total. The number of esters is 2. The molecule has 0 bridgehead atoms. The van der Waals surface area contributed by atoms with Gasteiger partial charge in [-0.3, -0.25) is 9.59 Å². The first-order valence-electron chi connectivity index (χ1n) is 9.42. The van der Waals surface area contributed by atoms with E-state index in [4.69, 9.17) is 18.9 Å². The minimum atomic E-state index is -1.58. The van der Waals surface area contributed by atoms with Crippen molar-refractivity contribution in [3.8, 4) is 11.5 Å². The molecule has 1 fully saturated rings. The highest BCUT2D eigenvalue weighted by Crippen LogP contribution is 2.41. The summed E-state index contributed by atoms with van der Waals surface area (Å²) in [7, 11) is 2.90. The third-order valence-electron chi connectivity index (χ3n) is 5.13. The average Bonchev–Trinajstić information content (AvgIpc) is 2.78. The normalized spacial score (nSPS) is 21.6. The lowest BCUT2D eigenvalue weighted by molar-refractivity contribution is -0.200. The Hall–Kier alpha value is -4.08. The van der Waals surface area contributed by atoms with Crippen molar-refractivity contribution in [1.29, 1.82) is 0 Å². The summed E-state index contributed by atoms with van der Waals surface area (Å²) >= 11 is 0. The quantitative estimate of drug-likeness (QED) is 0.579. The van der Waals surface area contributed by atoms with Gasteiger partial charge in [0.1, 0.15) is 23.3 Å². The summed E-state index contributed by atoms with van der Waals surface area (Å²) in [5.41, 5.74) is 0.183. The van der Waals surface area contributed by atoms with Gasteiger partial charge < -0.3 is 29.2 Å². The largest absolute Gasteiger partial charge is 0.497 e. The van der Waals surface area contributed by atoms with Crippen LogP contribution in [0.3, 0.4) is 0 Å². The summed E-state index contributed by atoms with van der Waals surface area (Å²) in [4.78, 5) is 48.3. The van der Waals surface area contributed by atoms with E-state index in [1.807, 2.05) is 0 Å². The van der Waals surface area contributed by atoms with Gasteiger partial charge in [0.25, 0.3) is 0 Å². The number of ether oxygens (including phenoxy) is 4. The van der Waals surface area contributed by atoms with Crippen molar-refractivity contribution >= 4 is 23.9 Å². The topological polar surface area (TPSA) is 146 Å². The zero-order valence-electron chi connectivity index (χ0n) is 17.1. The second-order valence-electron chi connectivity index (χ2n) is 6.92. The fraction of sp³-hybridized carbons (Fsp3) is 0.273. The number of rotatable bonds is 8. The predicted molar refractivity (Wildman–Crippen MR) is 107 cm³/mol. The fourth-order valence-corrected chi connectivity index (χ4v) is 3.38. The predicted octanol–water partition coefficient (Wildman–Crippen LogP) is 1.87. The zero-order valence-corrected chi connectivity index (χ0v) is 17.1. The molecule has 0 aliphatic heterocycles. The van der Waals surface area contributed by atoms with Crippen LogP contribution in [0.5, 0.6) is 11.5 Å². The van der Waals surface area contributed by atoms with Gasteiger partial charge in [0.05, 0.1) is 25.3 Å². The number of carboxylic acid groups (broad SMARTS) is 2. The van der Waals surface area contributed by atoms with E-state index in [0.29, 0.717) is 11.5 Å². The highest BCUT2D eigenvalue weighted by atomic mass is 16.6. The Morgan fingerprint density at radius 3 is 1.19 bits per heavy atom. The van der Waals surface area contributed by atoms with E-state index in [0.717, 1.165) is 0 Å². The molecular formula is C22H20O10. The summed E-state index contributed by atoms with van der Waals surface area (Å²) in [5.74, 6) is -6.93. The summed E-state index contributed by atoms with van der Waals surface area (Å²) < 4.78 is 20.5. The van der Waals surface area contributed by atoms with E-state index in [1.165, 1.54) is 62.8 Å². The molecule has 2 unspecified atom stereocenters. The van der Waals surface area contributed by atoms with Gasteiger partial charge in [-0.25, -0.2) is 9.59 Å². The van der Waals surface area contributed by atoms with Gasteiger partial charge in [0.2, 0.25) is 0 Å². The summed E-state index contributed by atoms with van der Waals surface area (Å²) in [6.07, 6.45) is -2.96. The molecule has 0 radical (unpaired) electrons. The van der Waals surface area contributed by atoms with Crippen LogP contribution in [0.2, 0.25) is 0 Å². The number of carbonyl (C=O) groups excluding carboxylic acids is 2. The van der Waals surface area contributed by atoms with E-state index >= 15 is 0 Å². The SMILES string of the molecule is COc1ccc(C(=O)OC2C(OC(=O)c3ccc(OC)cc3)[C@H](C(=O)O)[C@H]2C(=O)O)cc1. The van der Waals surface area contributed by atoms with Crippen LogP contribution >= 0.6 is 0 Å². The van der Waals surface area contributed by atoms with Crippen molar-refractivity contribution < 1.29 is 48.3 Å². The third kappa shape index (κ3) is 4.48. The molecule has 168 valence electrons. The Kier molecular flexibility index (Phi) is 6.62. The van der Waals surface area contributed by atoms with Crippen LogP contribution in [-0.2, 0) is 19.1 Å². The second-order valence-corrected chi connectivity index (χ2v) is 6.92. The smallest absolute Gasteiger partial charge is 0.338 e. The molecule has 10 heteroatoms. The van der Waals surface area contributed by atoms with Crippen molar-refractivity contribution in [1.82, 2.24) is 0 Å². The third-order valence-corrected chi connectivity index (χ3v) is 5.13. The molecule has 1 aliphatic carbocycles. The molecule has 0 amide bonds. The number of carboxylic acids is 2. The maximum Gasteiger partial charge on any atom is 0.338 e. The molecule has 0 heterocycles. The Bertz CT molecular complexity index is 929. The van der Waals surface area contributed by atoms with Crippen molar-refractivity contribution in [3.63, 3.8) is 0 Å². The fourth-order valence-electron chi connectivity index (χ4n) is 3.38. The minimum Gasteiger partial charge on any atom is -0.497 e. The van der Waals surface area contributed by atoms with Crippen molar-refractivity contribution in [3.05, 3.63) is 59.7 Å². The first-order chi connectivity index (χ1) is 15.3. The number of aliphatic carboxylic acids is 2. The van der Waals surface area contributed by atoms with Gasteiger partial charge in [0, 0.05) is 0 Å². The number of hydrogen-bond acceptors (Lipinski definition) is 8. The molecule has 0 saturated heterocycles. The van der Waals surface area contributed by atoms with Crippen LogP contribution in [0.25, 0.3) is 0 Å². The van der Waals surface area contributed by atoms with Crippen molar-refractivity contribution in [2.75, 3.05) is 14.2 Å². The van der Waals surface area contributed by atoms with Crippen molar-refractivity contribution in [2.45, 2.75) is 12.2 Å². The van der Waals surface area contributed by atoms with Crippen LogP contribution in [0, 0.1) is 11.8 Å². The molecule has 0 spiro atoms. The lowest BCUT2D eigenvalue weighted by atomic mass is 9.68. The Labute approximate surface area is 182 Å². The highest BCUT2D eigenvalue weighted by Gasteiger charge is 2.62. The van der Waals surface area contributed by atoms with Crippen LogP contribution in [0.1, 0.15) is 20.7 Å². The lowest BCUT2D eigenvalue weighted by Gasteiger charge is -2.45. The number of hydrogen-bond donors (Lipinski definition) is 2. The summed E-state index contributed by atoms with van der Waals surface area (Å²) in [6, 6.07) is 11.7. The molecular weight excluding hydrogens is 424 g/mol. The van der Waals surface area contributed by atoms with Crippen LogP contribution < -0.4 is 9.47 Å². The molecule has 2 aromatic rings. The van der Waals surface area contributed by atoms with Crippen LogP contribution in [-0.4, -0.2) is 60.5 Å². The van der Waals surface area contributed by atoms with Gasteiger partial charge in [-0.1, -0.05) is 0 Å². The maximum atomic E-state index is 12.5. The van der Waals surface area contributed by atoms with E-state index in [-0.39, 0.29) is 11.1 Å². The highest BCUT2D eigenvalue weighted by molar-refractivity contribution is 5.92. The molecule has 2 N–H and O–H groups in total. The molecule has 4 atom stereocenters. The monoisotopic (exact) mass is 444 g/mol. The summed E-state index contributed by atoms with van der Waals surface area (Å²) in [5, 5.41) is 19.0. The lowest BCUT2D eigenvalue weighted by Crippen LogP contribution is -2.64. The second kappa shape index (κ2) is 9.38. The first-order valence-corrected chi connectivity index (χ1v) is 9.42. The van der Waals surface area contributed by atoms with E-state index in [2.05, 4.69) is 0 Å². The standard InChI is InChI=1S/C22H20O10/c1-29-13-7-3-11(4-8-13)21(27)31-17-15(19(23)24)16(20(25)26)18(17)32-22(28)12-5-9-14(30-2)10-6-12/h3-10,15-18H,1-2H3,(H,23,24)(H,25,26)/t15-,16-,17?,18?/m1/s1. The van der Waals surface area contributed by atoms with E-state index < -0.39 is 47.9 Å². The minimum absolute atomic E-state index is 0.0916. The zero-order chi connectivity index (χ0) is 23.4. The molecule has 2 aromatic carbocycles. The molecule has 1 saturated carbocycles. The van der Waals surface area contributed by atoms with Gasteiger partial charge in [-0.15, -0.1) is 0 Å². The number of carbonyl (C=O) groups is 4. The number of benzene rings is 2. The maximum absolute atomic E-state index is 12.5. The van der Waals surface area contributed by atoms with Crippen LogP contribution in [0.4, 0.5) is 0 Å². The Morgan fingerprint density at radius 2 is 0.938 bits per heavy atom. The van der Waals surface area contributed by atoms with Crippen molar-refractivity contribution in [2.24, 2.45) is 11.8 Å². The first kappa shape index (κ1) is 22.6. The molecule has 32 heavy (non-hydrogen) atoms. The number of methoxy groups -OCH3 is 2. The van der Waals surface area contributed by atoms with Gasteiger partial charge in [0.15, 0.2) is 12.2 Å².